The number of ether oxygens (including phenoxy) is 1. The van der Waals surface area contributed by atoms with E-state index in [1.807, 2.05) is 6.92 Å². The molecule has 1 amide bonds. The van der Waals surface area contributed by atoms with Gasteiger partial charge in [0.1, 0.15) is 5.82 Å². The van der Waals surface area contributed by atoms with Crippen LogP contribution in [0.25, 0.3) is 0 Å². The van der Waals surface area contributed by atoms with Gasteiger partial charge in [-0.3, -0.25) is 9.69 Å². The summed E-state index contributed by atoms with van der Waals surface area (Å²) in [5, 5.41) is 3.20. The Kier molecular flexibility index (Phi) is 8.27. The molecule has 0 saturated carbocycles. The lowest BCUT2D eigenvalue weighted by Gasteiger charge is -2.38. The van der Waals surface area contributed by atoms with Crippen LogP contribution in [0.2, 0.25) is 5.02 Å². The summed E-state index contributed by atoms with van der Waals surface area (Å²) in [5.41, 5.74) is 1.05. The van der Waals surface area contributed by atoms with E-state index in [1.165, 1.54) is 18.2 Å². The van der Waals surface area contributed by atoms with Crippen LogP contribution in [0.4, 0.5) is 4.39 Å². The molecular weight excluding hydrogens is 455 g/mol. The number of hydrogen-bond donors (Lipinski definition) is 1. The Morgan fingerprint density at radius 1 is 1.28 bits per heavy atom. The van der Waals surface area contributed by atoms with Gasteiger partial charge in [0.2, 0.25) is 5.91 Å². The number of carbonyl (C=O) groups is 1. The van der Waals surface area contributed by atoms with Crippen molar-refractivity contribution in [2.24, 2.45) is 0 Å². The molecule has 1 N–H and O–H groups in total. The van der Waals surface area contributed by atoms with E-state index in [1.54, 1.807) is 31.2 Å². The van der Waals surface area contributed by atoms with E-state index in [9.17, 15) is 17.6 Å². The molecule has 3 rings (SSSR count). The Labute approximate surface area is 193 Å². The van der Waals surface area contributed by atoms with Gasteiger partial charge in [0, 0.05) is 30.2 Å². The number of rotatable bonds is 8. The summed E-state index contributed by atoms with van der Waals surface area (Å²) in [6.07, 6.45) is 0.0781. The highest BCUT2D eigenvalue weighted by Crippen LogP contribution is 2.31. The highest BCUT2D eigenvalue weighted by Gasteiger charge is 2.29. The maximum absolute atomic E-state index is 14.7. The number of halogens is 2. The van der Waals surface area contributed by atoms with Crippen molar-refractivity contribution in [2.75, 3.05) is 32.0 Å². The van der Waals surface area contributed by atoms with Crippen molar-refractivity contribution in [1.29, 1.82) is 0 Å². The second kappa shape index (κ2) is 10.7. The number of sulfone groups is 1. The van der Waals surface area contributed by atoms with Crippen molar-refractivity contribution in [3.8, 4) is 0 Å². The largest absolute Gasteiger partial charge is 0.376 e. The Morgan fingerprint density at radius 3 is 2.62 bits per heavy atom. The first-order chi connectivity index (χ1) is 15.2. The molecule has 174 valence electrons. The first-order valence-electron chi connectivity index (χ1n) is 10.6. The van der Waals surface area contributed by atoms with E-state index in [0.717, 1.165) is 0 Å². The van der Waals surface area contributed by atoms with Crippen LogP contribution in [0.5, 0.6) is 0 Å². The lowest BCUT2D eigenvalue weighted by Crippen LogP contribution is -2.47. The van der Waals surface area contributed by atoms with Crippen molar-refractivity contribution in [3.63, 3.8) is 0 Å². The third-order valence-electron chi connectivity index (χ3n) is 5.57. The maximum Gasteiger partial charge on any atom is 0.224 e. The summed E-state index contributed by atoms with van der Waals surface area (Å²) < 4.78 is 44.2. The van der Waals surface area contributed by atoms with Crippen molar-refractivity contribution >= 4 is 27.3 Å². The quantitative estimate of drug-likeness (QED) is 0.624. The Hall–Kier alpha value is -2.00. The third-order valence-corrected chi connectivity index (χ3v) is 7.65. The molecule has 0 aromatic heterocycles. The van der Waals surface area contributed by atoms with Gasteiger partial charge in [0.15, 0.2) is 9.84 Å². The molecule has 0 bridgehead atoms. The molecule has 0 spiro atoms. The Bertz CT molecular complexity index is 1030. The number of nitrogens with one attached hydrogen (secondary N) is 1. The highest BCUT2D eigenvalue weighted by molar-refractivity contribution is 7.91. The van der Waals surface area contributed by atoms with E-state index in [-0.39, 0.29) is 35.6 Å². The molecule has 1 saturated heterocycles. The zero-order valence-electron chi connectivity index (χ0n) is 18.2. The van der Waals surface area contributed by atoms with Gasteiger partial charge in [-0.2, -0.15) is 0 Å². The minimum Gasteiger partial charge on any atom is -0.376 e. The van der Waals surface area contributed by atoms with E-state index in [4.69, 9.17) is 16.3 Å². The second-order valence-electron chi connectivity index (χ2n) is 7.86. The molecule has 2 unspecified atom stereocenters. The molecule has 1 aliphatic rings. The number of carbonyl (C=O) groups excluding carboxylic acids is 1. The van der Waals surface area contributed by atoms with Gasteiger partial charge in [0.05, 0.1) is 35.8 Å². The molecule has 2 atom stereocenters. The SMILES string of the molecule is CCS(=O)(=O)c1ccc(CC(=O)NCC(c2c(F)cccc2Cl)N2CCOC(C)C2)cc1. The van der Waals surface area contributed by atoms with Crippen LogP contribution in [0, 0.1) is 5.82 Å². The minimum absolute atomic E-state index is 0.00888. The summed E-state index contributed by atoms with van der Waals surface area (Å²) in [4.78, 5) is 14.9. The van der Waals surface area contributed by atoms with Gasteiger partial charge in [-0.25, -0.2) is 12.8 Å². The number of benzene rings is 2. The van der Waals surface area contributed by atoms with Crippen LogP contribution in [0.15, 0.2) is 47.4 Å². The fraction of sp³-hybridized carbons (Fsp3) is 0.435. The van der Waals surface area contributed by atoms with Crippen molar-refractivity contribution < 1.29 is 22.3 Å². The van der Waals surface area contributed by atoms with E-state index < -0.39 is 21.7 Å². The zero-order chi connectivity index (χ0) is 23.3. The Morgan fingerprint density at radius 2 is 2.00 bits per heavy atom. The molecular formula is C23H28ClFN2O4S. The third kappa shape index (κ3) is 6.07. The first kappa shape index (κ1) is 24.6. The minimum atomic E-state index is -3.28. The lowest BCUT2D eigenvalue weighted by atomic mass is 10.0. The summed E-state index contributed by atoms with van der Waals surface area (Å²) in [6, 6.07) is 10.4. The van der Waals surface area contributed by atoms with Crippen LogP contribution in [0.3, 0.4) is 0 Å². The average Bonchev–Trinajstić information content (AvgIpc) is 2.76. The molecule has 1 fully saturated rings. The normalized spacial score (nSPS) is 18.3. The van der Waals surface area contributed by atoms with Crippen molar-refractivity contribution in [1.82, 2.24) is 10.2 Å². The van der Waals surface area contributed by atoms with Crippen LogP contribution < -0.4 is 5.32 Å². The highest BCUT2D eigenvalue weighted by atomic mass is 35.5. The van der Waals surface area contributed by atoms with Crippen molar-refractivity contribution in [2.45, 2.75) is 37.3 Å². The van der Waals surface area contributed by atoms with E-state index >= 15 is 0 Å². The molecule has 2 aromatic rings. The van der Waals surface area contributed by atoms with E-state index in [2.05, 4.69) is 10.2 Å². The van der Waals surface area contributed by atoms with Crippen molar-refractivity contribution in [3.05, 3.63) is 64.4 Å². The molecule has 32 heavy (non-hydrogen) atoms. The average molecular weight is 483 g/mol. The summed E-state index contributed by atoms with van der Waals surface area (Å²) in [5.74, 6) is -0.633. The lowest BCUT2D eigenvalue weighted by molar-refractivity contribution is -0.120. The van der Waals surface area contributed by atoms with Crippen LogP contribution >= 0.6 is 11.6 Å². The van der Waals surface area contributed by atoms with Gasteiger partial charge in [-0.05, 0) is 36.8 Å². The standard InChI is InChI=1S/C23H28ClFN2O4S/c1-3-32(29,30)18-9-7-17(8-10-18)13-22(28)26-14-21(27-11-12-31-16(2)15-27)23-19(24)5-4-6-20(23)25/h4-10,16,21H,3,11-15H2,1-2H3,(H,26,28). The van der Waals surface area contributed by atoms with Gasteiger partial charge in [-0.1, -0.05) is 36.7 Å². The molecule has 1 heterocycles. The van der Waals surface area contributed by atoms with Crippen LogP contribution in [0.1, 0.15) is 31.0 Å². The Balaban J connectivity index is 1.71. The summed E-state index contributed by atoms with van der Waals surface area (Å²) in [7, 11) is -3.28. The molecule has 9 heteroatoms. The van der Waals surface area contributed by atoms with E-state index in [0.29, 0.717) is 35.8 Å². The van der Waals surface area contributed by atoms with Gasteiger partial charge in [-0.15, -0.1) is 0 Å². The molecule has 6 nitrogen and oxygen atoms in total. The predicted octanol–water partition coefficient (Wildman–Crippen LogP) is 3.39. The number of nitrogens with zero attached hydrogens (tertiary/aromatic N) is 1. The molecule has 1 aliphatic heterocycles. The summed E-state index contributed by atoms with van der Waals surface area (Å²) in [6.45, 7) is 5.44. The number of amides is 1. The van der Waals surface area contributed by atoms with Crippen LogP contribution in [-0.2, 0) is 25.8 Å². The van der Waals surface area contributed by atoms with Gasteiger partial charge in [0.25, 0.3) is 0 Å². The summed E-state index contributed by atoms with van der Waals surface area (Å²) >= 11 is 6.33. The topological polar surface area (TPSA) is 75.7 Å². The number of morpholine rings is 1. The predicted molar refractivity (Wildman–Crippen MR) is 122 cm³/mol. The number of hydrogen-bond acceptors (Lipinski definition) is 5. The molecule has 2 aromatic carbocycles. The maximum atomic E-state index is 14.7. The second-order valence-corrected chi connectivity index (χ2v) is 10.5. The fourth-order valence-electron chi connectivity index (χ4n) is 3.81. The monoisotopic (exact) mass is 482 g/mol. The van der Waals surface area contributed by atoms with Gasteiger partial charge >= 0.3 is 0 Å². The van der Waals surface area contributed by atoms with Gasteiger partial charge < -0.3 is 10.1 Å². The molecule has 0 aliphatic carbocycles. The molecule has 0 radical (unpaired) electrons. The fourth-order valence-corrected chi connectivity index (χ4v) is 4.98. The van der Waals surface area contributed by atoms with Crippen LogP contribution in [-0.4, -0.2) is 57.3 Å². The zero-order valence-corrected chi connectivity index (χ0v) is 19.8. The smallest absolute Gasteiger partial charge is 0.224 e. The first-order valence-corrected chi connectivity index (χ1v) is 12.6.